The van der Waals surface area contributed by atoms with E-state index in [1.165, 1.54) is 11.4 Å². The lowest BCUT2D eigenvalue weighted by Gasteiger charge is -2.42. The minimum Gasteiger partial charge on any atom is -0.385 e. The van der Waals surface area contributed by atoms with Crippen LogP contribution in [-0.4, -0.2) is 25.0 Å². The van der Waals surface area contributed by atoms with E-state index in [4.69, 9.17) is 0 Å². The van der Waals surface area contributed by atoms with Gasteiger partial charge in [0.15, 0.2) is 0 Å². The average molecular weight is 210 g/mol. The number of likely N-dealkylation sites (N-methyl/N-ethyl adjacent to an activating group) is 1. The third-order valence-corrected chi connectivity index (χ3v) is 2.83. The lowest BCUT2D eigenvalue weighted by atomic mass is 9.81. The highest BCUT2D eigenvalue weighted by Crippen LogP contribution is 2.37. The monoisotopic (exact) mass is 210 g/mol. The number of hydrogen-bond acceptors (Lipinski definition) is 2. The van der Waals surface area contributed by atoms with Crippen molar-refractivity contribution in [2.75, 3.05) is 20.1 Å². The quantitative estimate of drug-likeness (QED) is 0.661. The maximum absolute atomic E-state index is 3.58. The molecule has 88 valence electrons. The van der Waals surface area contributed by atoms with Gasteiger partial charge in [0.1, 0.15) is 0 Å². The second-order valence-corrected chi connectivity index (χ2v) is 6.57. The van der Waals surface area contributed by atoms with Crippen LogP contribution in [-0.2, 0) is 0 Å². The van der Waals surface area contributed by atoms with Gasteiger partial charge in [-0.05, 0) is 0 Å². The van der Waals surface area contributed by atoms with E-state index >= 15 is 0 Å². The summed E-state index contributed by atoms with van der Waals surface area (Å²) < 4.78 is 0. The van der Waals surface area contributed by atoms with Gasteiger partial charge in [-0.25, -0.2) is 0 Å². The van der Waals surface area contributed by atoms with Gasteiger partial charge in [-0.3, -0.25) is 0 Å². The number of rotatable bonds is 0. The van der Waals surface area contributed by atoms with Gasteiger partial charge in [0.2, 0.25) is 0 Å². The van der Waals surface area contributed by atoms with E-state index in [9.17, 15) is 0 Å². The molecular formula is C13H26N2. The summed E-state index contributed by atoms with van der Waals surface area (Å²) in [5.41, 5.74) is 3.28. The number of hydrogen-bond donors (Lipinski definition) is 1. The second-order valence-electron chi connectivity index (χ2n) is 6.57. The molecule has 0 saturated carbocycles. The minimum atomic E-state index is 0.206. The Hall–Kier alpha value is -0.660. The summed E-state index contributed by atoms with van der Waals surface area (Å²) in [7, 11) is 2.20. The van der Waals surface area contributed by atoms with Gasteiger partial charge in [-0.2, -0.15) is 0 Å². The van der Waals surface area contributed by atoms with Crippen LogP contribution < -0.4 is 5.32 Å². The molecule has 0 saturated heterocycles. The zero-order valence-electron chi connectivity index (χ0n) is 11.4. The molecule has 0 atom stereocenters. The fraction of sp³-hybridized carbons (Fsp3) is 0.846. The van der Waals surface area contributed by atoms with E-state index < -0.39 is 0 Å². The maximum atomic E-state index is 3.58. The summed E-state index contributed by atoms with van der Waals surface area (Å²) in [6.07, 6.45) is 0. The molecule has 0 unspecified atom stereocenters. The predicted molar refractivity (Wildman–Crippen MR) is 66.6 cm³/mol. The highest BCUT2D eigenvalue weighted by atomic mass is 15.2. The van der Waals surface area contributed by atoms with E-state index in [1.54, 1.807) is 0 Å². The summed E-state index contributed by atoms with van der Waals surface area (Å²) in [5.74, 6) is 0. The Balaban J connectivity index is 3.23. The molecular weight excluding hydrogens is 184 g/mol. The van der Waals surface area contributed by atoms with Gasteiger partial charge in [0, 0.05) is 42.4 Å². The normalized spacial score (nSPS) is 19.3. The van der Waals surface area contributed by atoms with Crippen LogP contribution in [0.5, 0.6) is 0 Å². The predicted octanol–water partition coefficient (Wildman–Crippen LogP) is 2.83. The van der Waals surface area contributed by atoms with E-state index in [2.05, 4.69) is 58.8 Å². The van der Waals surface area contributed by atoms with Crippen molar-refractivity contribution in [3.05, 3.63) is 11.4 Å². The molecule has 0 aromatic heterocycles. The minimum absolute atomic E-state index is 0.206. The standard InChI is InChI=1S/C13H26N2/c1-12(2,3)10-11(13(4,5)6)15(7)9-8-14-10/h14H,8-9H2,1-7H3. The first-order valence-corrected chi connectivity index (χ1v) is 5.84. The third kappa shape index (κ3) is 2.67. The molecule has 0 amide bonds. The highest BCUT2D eigenvalue weighted by molar-refractivity contribution is 5.24. The molecule has 0 aromatic carbocycles. The lowest BCUT2D eigenvalue weighted by molar-refractivity contribution is 0.257. The van der Waals surface area contributed by atoms with Crippen LogP contribution in [0.4, 0.5) is 0 Å². The van der Waals surface area contributed by atoms with Crippen molar-refractivity contribution in [2.45, 2.75) is 41.5 Å². The SMILES string of the molecule is CN1CCNC(C(C)(C)C)=C1C(C)(C)C. The molecule has 1 heterocycles. The van der Waals surface area contributed by atoms with E-state index in [0.717, 1.165) is 13.1 Å². The molecule has 2 heteroatoms. The molecule has 1 rings (SSSR count). The maximum Gasteiger partial charge on any atom is 0.0383 e. The largest absolute Gasteiger partial charge is 0.385 e. The third-order valence-electron chi connectivity index (χ3n) is 2.83. The Bertz CT molecular complexity index is 263. The smallest absolute Gasteiger partial charge is 0.0383 e. The fourth-order valence-corrected chi connectivity index (χ4v) is 2.30. The molecule has 1 aliphatic rings. The highest BCUT2D eigenvalue weighted by Gasteiger charge is 2.32. The summed E-state index contributed by atoms with van der Waals surface area (Å²) in [6.45, 7) is 15.9. The molecule has 1 N–H and O–H groups in total. The molecule has 0 bridgehead atoms. The van der Waals surface area contributed by atoms with Crippen molar-refractivity contribution in [1.29, 1.82) is 0 Å². The van der Waals surface area contributed by atoms with Crippen molar-refractivity contribution in [1.82, 2.24) is 10.2 Å². The topological polar surface area (TPSA) is 15.3 Å². The second kappa shape index (κ2) is 3.73. The Morgan fingerprint density at radius 3 is 1.87 bits per heavy atom. The molecule has 0 fully saturated rings. The Labute approximate surface area is 94.7 Å². The number of allylic oxidation sites excluding steroid dienone is 2. The van der Waals surface area contributed by atoms with Gasteiger partial charge in [-0.1, -0.05) is 41.5 Å². The van der Waals surface area contributed by atoms with Crippen LogP contribution in [0.1, 0.15) is 41.5 Å². The van der Waals surface area contributed by atoms with Crippen molar-refractivity contribution in [3.63, 3.8) is 0 Å². The number of nitrogens with one attached hydrogen (secondary N) is 1. The van der Waals surface area contributed by atoms with E-state index in [1.807, 2.05) is 0 Å². The average Bonchev–Trinajstić information content (AvgIpc) is 1.99. The van der Waals surface area contributed by atoms with Crippen LogP contribution in [0.15, 0.2) is 11.4 Å². The van der Waals surface area contributed by atoms with Crippen molar-refractivity contribution < 1.29 is 0 Å². The molecule has 0 aliphatic carbocycles. The van der Waals surface area contributed by atoms with Crippen LogP contribution in [0, 0.1) is 10.8 Å². The van der Waals surface area contributed by atoms with Crippen LogP contribution in [0.3, 0.4) is 0 Å². The van der Waals surface area contributed by atoms with Gasteiger partial charge in [-0.15, -0.1) is 0 Å². The molecule has 15 heavy (non-hydrogen) atoms. The summed E-state index contributed by atoms with van der Waals surface area (Å²) in [5, 5.41) is 3.58. The summed E-state index contributed by atoms with van der Waals surface area (Å²) >= 11 is 0. The van der Waals surface area contributed by atoms with Crippen LogP contribution >= 0.6 is 0 Å². The first kappa shape index (κ1) is 12.4. The van der Waals surface area contributed by atoms with Gasteiger partial charge >= 0.3 is 0 Å². The van der Waals surface area contributed by atoms with Gasteiger partial charge in [0.05, 0.1) is 0 Å². The van der Waals surface area contributed by atoms with Gasteiger partial charge in [0.25, 0.3) is 0 Å². The van der Waals surface area contributed by atoms with E-state index in [0.29, 0.717) is 0 Å². The molecule has 0 spiro atoms. The van der Waals surface area contributed by atoms with Crippen molar-refractivity contribution >= 4 is 0 Å². The molecule has 1 aliphatic heterocycles. The van der Waals surface area contributed by atoms with Crippen molar-refractivity contribution in [2.24, 2.45) is 10.8 Å². The van der Waals surface area contributed by atoms with Crippen LogP contribution in [0.2, 0.25) is 0 Å². The Morgan fingerprint density at radius 1 is 1.00 bits per heavy atom. The molecule has 2 nitrogen and oxygen atoms in total. The van der Waals surface area contributed by atoms with Gasteiger partial charge < -0.3 is 10.2 Å². The lowest BCUT2D eigenvalue weighted by Crippen LogP contribution is -2.44. The fourth-order valence-electron chi connectivity index (χ4n) is 2.30. The Kier molecular flexibility index (Phi) is 3.09. The summed E-state index contributed by atoms with van der Waals surface area (Å²) in [4.78, 5) is 2.40. The Morgan fingerprint density at radius 2 is 1.53 bits per heavy atom. The van der Waals surface area contributed by atoms with Crippen LogP contribution in [0.25, 0.3) is 0 Å². The van der Waals surface area contributed by atoms with E-state index in [-0.39, 0.29) is 10.8 Å². The molecule has 0 aromatic rings. The zero-order valence-corrected chi connectivity index (χ0v) is 11.4. The molecule has 0 radical (unpaired) electrons. The number of nitrogens with zero attached hydrogens (tertiary/aromatic N) is 1. The van der Waals surface area contributed by atoms with Crippen molar-refractivity contribution in [3.8, 4) is 0 Å². The first-order valence-electron chi connectivity index (χ1n) is 5.84. The zero-order chi connectivity index (χ0) is 11.9. The summed E-state index contributed by atoms with van der Waals surface area (Å²) in [6, 6.07) is 0. The first-order chi connectivity index (χ1) is 6.64.